The smallest absolute Gasteiger partial charge is 0.490 e. The molecule has 0 aromatic heterocycles. The number of fused-ring (bicyclic) bond motifs is 3. The van der Waals surface area contributed by atoms with Gasteiger partial charge in [-0.15, -0.1) is 0 Å². The first kappa shape index (κ1) is 40.9. The molecule has 7 rings (SSSR count). The Bertz CT molecular complexity index is 2140. The number of likely N-dealkylation sites (N-methyl/N-ethyl adjacent to an activating group) is 1. The van der Waals surface area contributed by atoms with Gasteiger partial charge in [-0.05, 0) is 111 Å². The Kier molecular flexibility index (Phi) is 11.9. The standard InChI is InChI=1S/C38H41F2N3O5S.C2HF3O2/c1-42(49(45,46)35-19-15-25-20-34(18-14-26(25)21-35)48-32-11-5-6-12-32)36(37(44)43-29-16-17-30(43)24-28(41)23-29)38(39,40)27-8-7-13-33(22-27)47-31-9-3-2-4-10-31;3-2(4,5)1(6)7/h2-4,7-10,13-15,18-22,28-30,32,36H,5-6,11-12,16-17,23-24,41H2,1H3;(H,6,7)/t28?,29?,30?,36-;/m0./s1. The van der Waals surface area contributed by atoms with Gasteiger partial charge in [0, 0.05) is 30.7 Å². The average Bonchev–Trinajstić information content (AvgIpc) is 3.76. The Balaban J connectivity index is 0.000000695. The van der Waals surface area contributed by atoms with Crippen LogP contribution in [0.1, 0.15) is 56.9 Å². The van der Waals surface area contributed by atoms with E-state index in [9.17, 15) is 26.4 Å². The van der Waals surface area contributed by atoms with E-state index in [0.29, 0.717) is 46.9 Å². The van der Waals surface area contributed by atoms with Crippen LogP contribution in [0, 0.1) is 0 Å². The first-order valence-corrected chi connectivity index (χ1v) is 19.7. The van der Waals surface area contributed by atoms with Crippen LogP contribution in [0.4, 0.5) is 22.0 Å². The Labute approximate surface area is 321 Å². The molecular weight excluding hydrogens is 762 g/mol. The molecular formula is C40H42F5N3O7S. The quantitative estimate of drug-likeness (QED) is 0.155. The van der Waals surface area contributed by atoms with E-state index in [-0.39, 0.29) is 34.9 Å². The minimum Gasteiger partial charge on any atom is -0.490 e. The third-order valence-corrected chi connectivity index (χ3v) is 12.3. The number of piperidine rings is 1. The van der Waals surface area contributed by atoms with Crippen molar-refractivity contribution in [2.75, 3.05) is 7.05 Å². The summed E-state index contributed by atoms with van der Waals surface area (Å²) in [6.07, 6.45) is 1.59. The maximum atomic E-state index is 17.0. The highest BCUT2D eigenvalue weighted by atomic mass is 32.2. The van der Waals surface area contributed by atoms with Crippen molar-refractivity contribution < 1.29 is 54.5 Å². The molecule has 4 aromatic rings. The topological polar surface area (TPSA) is 139 Å². The maximum Gasteiger partial charge on any atom is 0.490 e. The van der Waals surface area contributed by atoms with Crippen molar-refractivity contribution in [3.63, 3.8) is 0 Å². The third kappa shape index (κ3) is 8.92. The van der Waals surface area contributed by atoms with Gasteiger partial charge in [0.25, 0.3) is 5.92 Å². The van der Waals surface area contributed by atoms with Crippen LogP contribution in [0.2, 0.25) is 0 Å². The molecule has 3 fully saturated rings. The van der Waals surface area contributed by atoms with Gasteiger partial charge in [0.15, 0.2) is 6.04 Å². The maximum absolute atomic E-state index is 17.0. The van der Waals surface area contributed by atoms with Gasteiger partial charge in [0.2, 0.25) is 15.9 Å². The number of para-hydroxylation sites is 1. The van der Waals surface area contributed by atoms with Crippen LogP contribution in [-0.2, 0) is 25.5 Å². The highest BCUT2D eigenvalue weighted by Gasteiger charge is 2.56. The molecule has 3 atom stereocenters. The number of carboxylic acids is 1. The van der Waals surface area contributed by atoms with Crippen molar-refractivity contribution in [2.45, 2.75) is 98.6 Å². The Morgan fingerprint density at radius 1 is 0.804 bits per heavy atom. The largest absolute Gasteiger partial charge is 0.490 e. The number of amides is 1. The third-order valence-electron chi connectivity index (χ3n) is 10.5. The van der Waals surface area contributed by atoms with Gasteiger partial charge in [-0.25, -0.2) is 13.2 Å². The Morgan fingerprint density at radius 2 is 1.39 bits per heavy atom. The predicted octanol–water partition coefficient (Wildman–Crippen LogP) is 7.85. The van der Waals surface area contributed by atoms with Gasteiger partial charge >= 0.3 is 12.1 Å². The first-order chi connectivity index (χ1) is 26.4. The number of benzene rings is 4. The zero-order valence-corrected chi connectivity index (χ0v) is 31.2. The molecule has 2 heterocycles. The molecule has 2 saturated heterocycles. The lowest BCUT2D eigenvalue weighted by molar-refractivity contribution is -0.192. The van der Waals surface area contributed by atoms with E-state index in [2.05, 4.69) is 0 Å². The average molecular weight is 804 g/mol. The fourth-order valence-electron chi connectivity index (χ4n) is 7.75. The van der Waals surface area contributed by atoms with Crippen molar-refractivity contribution in [3.05, 3.63) is 96.6 Å². The SMILES string of the molecule is CN([C@@H](C(=O)N1C2CCC1CC(N)C2)C(F)(F)c1cccc(Oc2ccccc2)c1)S(=O)(=O)c1ccc2cc(OC3CCCC3)ccc2c1.O=C(O)C(F)(F)F. The van der Waals surface area contributed by atoms with Gasteiger partial charge in [-0.2, -0.15) is 26.3 Å². The molecule has 16 heteroatoms. The van der Waals surface area contributed by atoms with Crippen LogP contribution in [0.5, 0.6) is 17.2 Å². The van der Waals surface area contributed by atoms with Gasteiger partial charge in [-0.1, -0.05) is 42.5 Å². The highest BCUT2D eigenvalue weighted by Crippen LogP contribution is 2.43. The number of hydrogen-bond donors (Lipinski definition) is 2. The highest BCUT2D eigenvalue weighted by molar-refractivity contribution is 7.89. The monoisotopic (exact) mass is 803 g/mol. The van der Waals surface area contributed by atoms with Gasteiger partial charge < -0.3 is 25.2 Å². The summed E-state index contributed by atoms with van der Waals surface area (Å²) in [5.41, 5.74) is 5.71. The van der Waals surface area contributed by atoms with E-state index in [1.54, 1.807) is 42.5 Å². The lowest BCUT2D eigenvalue weighted by atomic mass is 9.94. The number of ether oxygens (including phenoxy) is 2. The zero-order valence-electron chi connectivity index (χ0n) is 30.4. The lowest BCUT2D eigenvalue weighted by Gasteiger charge is -2.42. The summed E-state index contributed by atoms with van der Waals surface area (Å²) in [6.45, 7) is 0. The predicted molar refractivity (Wildman–Crippen MR) is 197 cm³/mol. The number of carbonyl (C=O) groups is 2. The fraction of sp³-hybridized carbons (Fsp3) is 0.400. The number of nitrogens with two attached hydrogens (primary N) is 1. The zero-order chi connectivity index (χ0) is 40.4. The van der Waals surface area contributed by atoms with Gasteiger partial charge in [0.1, 0.15) is 17.2 Å². The van der Waals surface area contributed by atoms with Crippen molar-refractivity contribution in [1.29, 1.82) is 0 Å². The van der Waals surface area contributed by atoms with Gasteiger partial charge in [0.05, 0.1) is 11.0 Å². The Morgan fingerprint density at radius 3 is 2.02 bits per heavy atom. The lowest BCUT2D eigenvalue weighted by Crippen LogP contribution is -2.61. The molecule has 2 unspecified atom stereocenters. The summed E-state index contributed by atoms with van der Waals surface area (Å²) < 4.78 is 107. The van der Waals surface area contributed by atoms with Crippen LogP contribution in [0.15, 0.2) is 95.9 Å². The molecule has 1 aliphatic carbocycles. The van der Waals surface area contributed by atoms with Gasteiger partial charge in [-0.3, -0.25) is 4.79 Å². The number of rotatable bonds is 10. The molecule has 0 radical (unpaired) electrons. The number of carbonyl (C=O) groups excluding carboxylic acids is 1. The first-order valence-electron chi connectivity index (χ1n) is 18.2. The second-order valence-corrected chi connectivity index (χ2v) is 16.3. The van der Waals surface area contributed by atoms with Crippen LogP contribution in [0.25, 0.3) is 10.8 Å². The number of aliphatic carboxylic acids is 1. The number of alkyl halides is 5. The second-order valence-electron chi connectivity index (χ2n) is 14.3. The molecule has 0 spiro atoms. The minimum atomic E-state index is -5.08. The van der Waals surface area contributed by atoms with Crippen molar-refractivity contribution in [2.24, 2.45) is 5.73 Å². The van der Waals surface area contributed by atoms with Crippen molar-refractivity contribution in [3.8, 4) is 17.2 Å². The summed E-state index contributed by atoms with van der Waals surface area (Å²) in [6, 6.07) is 20.8. The van der Waals surface area contributed by atoms with E-state index in [1.165, 1.54) is 35.2 Å². The number of carboxylic acid groups (broad SMARTS) is 1. The van der Waals surface area contributed by atoms with E-state index < -0.39 is 45.6 Å². The molecule has 3 aliphatic rings. The summed E-state index contributed by atoms with van der Waals surface area (Å²) >= 11 is 0. The summed E-state index contributed by atoms with van der Waals surface area (Å²) in [4.78, 5) is 24.6. The van der Waals surface area contributed by atoms with Crippen molar-refractivity contribution in [1.82, 2.24) is 9.21 Å². The summed E-state index contributed by atoms with van der Waals surface area (Å²) in [7, 11) is -3.53. The molecule has 2 bridgehead atoms. The molecule has 56 heavy (non-hydrogen) atoms. The molecule has 300 valence electrons. The molecule has 1 saturated carbocycles. The van der Waals surface area contributed by atoms with E-state index >= 15 is 8.78 Å². The Hall–Kier alpha value is -4.80. The number of sulfonamides is 1. The summed E-state index contributed by atoms with van der Waals surface area (Å²) in [5, 5.41) is 8.49. The molecule has 3 N–H and O–H groups in total. The van der Waals surface area contributed by atoms with Crippen LogP contribution >= 0.6 is 0 Å². The molecule has 1 amide bonds. The molecule has 2 aliphatic heterocycles. The van der Waals surface area contributed by atoms with Crippen molar-refractivity contribution >= 4 is 32.7 Å². The van der Waals surface area contributed by atoms with Crippen LogP contribution in [0.3, 0.4) is 0 Å². The number of halogens is 5. The molecule has 4 aromatic carbocycles. The molecule has 10 nitrogen and oxygen atoms in total. The minimum absolute atomic E-state index is 0.134. The van der Waals surface area contributed by atoms with E-state index in [0.717, 1.165) is 44.2 Å². The number of hydrogen-bond acceptors (Lipinski definition) is 7. The normalized spacial score (nSPS) is 20.7. The van der Waals surface area contributed by atoms with Crippen LogP contribution < -0.4 is 15.2 Å². The second kappa shape index (κ2) is 16.4. The van der Waals surface area contributed by atoms with E-state index in [1.807, 2.05) is 12.1 Å². The van der Waals surface area contributed by atoms with E-state index in [4.69, 9.17) is 25.1 Å². The van der Waals surface area contributed by atoms with Crippen LogP contribution in [-0.4, -0.2) is 78.1 Å². The summed E-state index contributed by atoms with van der Waals surface area (Å²) in [5.74, 6) is -6.34. The fourth-order valence-corrected chi connectivity index (χ4v) is 9.10. The number of nitrogens with zero attached hydrogens (tertiary/aromatic N) is 2.